The van der Waals surface area contributed by atoms with Gasteiger partial charge in [0.1, 0.15) is 0 Å². The summed E-state index contributed by atoms with van der Waals surface area (Å²) >= 11 is 0. The molecule has 12 heteroatoms. The number of benzene rings is 6. The maximum Gasteiger partial charge on any atom is 0.416 e. The smallest absolute Gasteiger partial charge is 0.309 e. The summed E-state index contributed by atoms with van der Waals surface area (Å²) in [6.45, 7) is 0. The highest BCUT2D eigenvalue weighted by molar-refractivity contribution is 6.11. The number of alkyl halides is 9. The number of hydrogen-bond acceptors (Lipinski definition) is 1. The molecule has 2 heterocycles. The first-order valence-electron chi connectivity index (χ1n) is 15.6. The maximum absolute atomic E-state index is 14.4. The SMILES string of the molecule is N#Cc1ccc(-c2cc(C(F)(F)F)ccc2-n2c3ccccc3c3cc(C(F)(F)F)ccc32)c(-n2c3ccccc3c3cc(C(F)(F)F)ccc32)c1. The average Bonchev–Trinajstić information content (AvgIpc) is 3.62. The predicted octanol–water partition coefficient (Wildman–Crippen LogP) is 12.5. The number of aromatic nitrogens is 2. The van der Waals surface area contributed by atoms with Gasteiger partial charge >= 0.3 is 18.5 Å². The number of nitriles is 1. The highest BCUT2D eigenvalue weighted by Crippen LogP contribution is 2.44. The Labute approximate surface area is 288 Å². The summed E-state index contributed by atoms with van der Waals surface area (Å²) in [6, 6.07) is 29.0. The second-order valence-corrected chi connectivity index (χ2v) is 12.2. The van der Waals surface area contributed by atoms with Gasteiger partial charge in [0, 0.05) is 32.7 Å². The quantitative estimate of drug-likeness (QED) is 0.168. The fourth-order valence-electron chi connectivity index (χ4n) is 6.95. The summed E-state index contributed by atoms with van der Waals surface area (Å²) < 4.78 is 129. The molecule has 0 atom stereocenters. The Morgan fingerprint density at radius 2 is 0.846 bits per heavy atom. The number of para-hydroxylation sites is 2. The Hall–Kier alpha value is -6.22. The van der Waals surface area contributed by atoms with Crippen molar-refractivity contribution in [3.8, 4) is 28.6 Å². The third-order valence-electron chi connectivity index (χ3n) is 9.22. The molecule has 0 bridgehead atoms. The molecular formula is C40H20F9N3. The van der Waals surface area contributed by atoms with E-state index in [-0.39, 0.29) is 38.8 Å². The van der Waals surface area contributed by atoms with Crippen LogP contribution < -0.4 is 0 Å². The molecule has 0 spiro atoms. The number of rotatable bonds is 3. The third kappa shape index (κ3) is 5.23. The summed E-state index contributed by atoms with van der Waals surface area (Å²) in [5, 5.41) is 11.2. The molecular weight excluding hydrogens is 693 g/mol. The Kier molecular flexibility index (Phi) is 7.22. The van der Waals surface area contributed by atoms with Crippen LogP contribution in [0.1, 0.15) is 22.3 Å². The Bertz CT molecular complexity index is 2770. The summed E-state index contributed by atoms with van der Waals surface area (Å²) in [4.78, 5) is 0. The molecule has 0 aliphatic heterocycles. The van der Waals surface area contributed by atoms with E-state index < -0.39 is 35.2 Å². The highest BCUT2D eigenvalue weighted by Gasteiger charge is 2.34. The molecule has 0 amide bonds. The molecule has 0 saturated carbocycles. The summed E-state index contributed by atoms with van der Waals surface area (Å²) in [6.07, 6.45) is -14.1. The maximum atomic E-state index is 14.4. The lowest BCUT2D eigenvalue weighted by Crippen LogP contribution is -2.08. The minimum atomic E-state index is -4.80. The van der Waals surface area contributed by atoms with Crippen LogP contribution in [0.3, 0.4) is 0 Å². The van der Waals surface area contributed by atoms with Gasteiger partial charge in [0.15, 0.2) is 0 Å². The number of hydrogen-bond donors (Lipinski definition) is 0. The van der Waals surface area contributed by atoms with Crippen LogP contribution in [0.15, 0.2) is 121 Å². The molecule has 6 aromatic carbocycles. The van der Waals surface area contributed by atoms with Gasteiger partial charge in [0.05, 0.1) is 61.8 Å². The van der Waals surface area contributed by atoms with Crippen molar-refractivity contribution in [2.45, 2.75) is 18.5 Å². The second-order valence-electron chi connectivity index (χ2n) is 12.2. The molecule has 0 saturated heterocycles. The van der Waals surface area contributed by atoms with Crippen molar-refractivity contribution in [2.24, 2.45) is 0 Å². The molecule has 0 aliphatic carbocycles. The van der Waals surface area contributed by atoms with Gasteiger partial charge in [-0.05, 0) is 78.9 Å². The lowest BCUT2D eigenvalue weighted by atomic mass is 9.97. The van der Waals surface area contributed by atoms with E-state index in [1.54, 1.807) is 57.7 Å². The van der Waals surface area contributed by atoms with E-state index in [1.165, 1.54) is 36.4 Å². The van der Waals surface area contributed by atoms with E-state index in [2.05, 4.69) is 0 Å². The molecule has 0 radical (unpaired) electrons. The Morgan fingerprint density at radius 3 is 1.35 bits per heavy atom. The van der Waals surface area contributed by atoms with E-state index in [0.717, 1.165) is 36.4 Å². The molecule has 8 rings (SSSR count). The van der Waals surface area contributed by atoms with Crippen molar-refractivity contribution in [2.75, 3.05) is 0 Å². The van der Waals surface area contributed by atoms with Gasteiger partial charge in [-0.15, -0.1) is 0 Å². The van der Waals surface area contributed by atoms with Gasteiger partial charge in [-0.3, -0.25) is 0 Å². The molecule has 52 heavy (non-hydrogen) atoms. The number of nitrogens with zero attached hydrogens (tertiary/aromatic N) is 3. The summed E-state index contributed by atoms with van der Waals surface area (Å²) in [5.74, 6) is 0. The molecule has 2 aromatic heterocycles. The molecule has 0 aliphatic rings. The van der Waals surface area contributed by atoms with Crippen molar-refractivity contribution in [3.05, 3.63) is 144 Å². The number of fused-ring (bicyclic) bond motifs is 6. The van der Waals surface area contributed by atoms with Crippen LogP contribution in [0.4, 0.5) is 39.5 Å². The Morgan fingerprint density at radius 1 is 0.404 bits per heavy atom. The van der Waals surface area contributed by atoms with Crippen LogP contribution in [-0.2, 0) is 18.5 Å². The van der Waals surface area contributed by atoms with Gasteiger partial charge in [-0.25, -0.2) is 0 Å². The first-order valence-corrected chi connectivity index (χ1v) is 15.6. The Balaban J connectivity index is 1.50. The topological polar surface area (TPSA) is 33.6 Å². The van der Waals surface area contributed by atoms with Crippen LogP contribution in [0.5, 0.6) is 0 Å². The van der Waals surface area contributed by atoms with E-state index >= 15 is 0 Å². The van der Waals surface area contributed by atoms with E-state index in [4.69, 9.17) is 0 Å². The zero-order valence-electron chi connectivity index (χ0n) is 26.3. The fourth-order valence-corrected chi connectivity index (χ4v) is 6.95. The molecule has 258 valence electrons. The lowest BCUT2D eigenvalue weighted by Gasteiger charge is -2.20. The molecule has 0 unspecified atom stereocenters. The van der Waals surface area contributed by atoms with Crippen molar-refractivity contribution in [1.82, 2.24) is 9.13 Å². The standard InChI is InChI=1S/C40H20F9N3/c41-38(42,43)23-10-14-34-29(18-23)26-5-1-3-7-32(26)51(34)35-15-11-25(40(47,48)49)20-31(35)28-13-9-22(21-50)17-37(28)52-33-8-4-2-6-27(33)30-19-24(39(44,45)46)12-16-36(30)52/h1-20H. The summed E-state index contributed by atoms with van der Waals surface area (Å²) in [7, 11) is 0. The number of halogens is 9. The van der Waals surface area contributed by atoms with Gasteiger partial charge < -0.3 is 9.13 Å². The molecule has 8 aromatic rings. The fraction of sp³-hybridized carbons (Fsp3) is 0.0750. The van der Waals surface area contributed by atoms with Crippen LogP contribution in [0.2, 0.25) is 0 Å². The molecule has 3 nitrogen and oxygen atoms in total. The van der Waals surface area contributed by atoms with E-state index in [1.807, 2.05) is 6.07 Å². The normalized spacial score (nSPS) is 12.7. The van der Waals surface area contributed by atoms with Crippen LogP contribution >= 0.6 is 0 Å². The first-order chi connectivity index (χ1) is 24.6. The zero-order valence-corrected chi connectivity index (χ0v) is 26.3. The molecule has 0 N–H and O–H groups in total. The zero-order chi connectivity index (χ0) is 36.7. The van der Waals surface area contributed by atoms with Crippen molar-refractivity contribution in [3.63, 3.8) is 0 Å². The third-order valence-corrected chi connectivity index (χ3v) is 9.22. The van der Waals surface area contributed by atoms with Gasteiger partial charge in [0.2, 0.25) is 0 Å². The molecule has 0 fully saturated rings. The van der Waals surface area contributed by atoms with Crippen LogP contribution in [-0.4, -0.2) is 9.13 Å². The second kappa shape index (κ2) is 11.4. The van der Waals surface area contributed by atoms with Gasteiger partial charge in [-0.2, -0.15) is 44.8 Å². The monoisotopic (exact) mass is 713 g/mol. The van der Waals surface area contributed by atoms with Gasteiger partial charge in [0.25, 0.3) is 0 Å². The predicted molar refractivity (Wildman–Crippen MR) is 180 cm³/mol. The minimum absolute atomic E-state index is 0.00899. The minimum Gasteiger partial charge on any atom is -0.309 e. The van der Waals surface area contributed by atoms with Crippen molar-refractivity contribution >= 4 is 43.6 Å². The van der Waals surface area contributed by atoms with Crippen molar-refractivity contribution in [1.29, 1.82) is 5.26 Å². The first kappa shape index (κ1) is 33.0. The van der Waals surface area contributed by atoms with Crippen LogP contribution in [0.25, 0.3) is 66.1 Å². The van der Waals surface area contributed by atoms with Crippen LogP contribution in [0, 0.1) is 11.3 Å². The van der Waals surface area contributed by atoms with Crippen molar-refractivity contribution < 1.29 is 39.5 Å². The average molecular weight is 714 g/mol. The lowest BCUT2D eigenvalue weighted by molar-refractivity contribution is -0.138. The largest absolute Gasteiger partial charge is 0.416 e. The van der Waals surface area contributed by atoms with E-state index in [9.17, 15) is 44.8 Å². The highest BCUT2D eigenvalue weighted by atomic mass is 19.4. The van der Waals surface area contributed by atoms with Gasteiger partial charge in [-0.1, -0.05) is 42.5 Å². The summed E-state index contributed by atoms with van der Waals surface area (Å²) in [5.41, 5.74) is -0.661. The van der Waals surface area contributed by atoms with E-state index in [0.29, 0.717) is 32.8 Å².